The Morgan fingerprint density at radius 1 is 1.11 bits per heavy atom. The molecule has 0 unspecified atom stereocenters. The normalized spacial score (nSPS) is 18.8. The fourth-order valence-electron chi connectivity index (χ4n) is 4.14. The Labute approximate surface area is 164 Å². The number of amides is 1. The number of hydrogen-bond donors (Lipinski definition) is 0. The van der Waals surface area contributed by atoms with E-state index in [1.807, 2.05) is 23.0 Å². The number of hydrogen-bond acceptors (Lipinski definition) is 4. The molecule has 5 rings (SSSR count). The van der Waals surface area contributed by atoms with Crippen LogP contribution >= 0.6 is 0 Å². The van der Waals surface area contributed by atoms with Crippen molar-refractivity contribution in [3.63, 3.8) is 0 Å². The number of benzene rings is 1. The highest BCUT2D eigenvalue weighted by Gasteiger charge is 2.32. The third-order valence-electron chi connectivity index (χ3n) is 5.87. The van der Waals surface area contributed by atoms with E-state index >= 15 is 0 Å². The molecule has 0 aliphatic carbocycles. The quantitative estimate of drug-likeness (QED) is 0.700. The van der Waals surface area contributed by atoms with Gasteiger partial charge in [-0.1, -0.05) is 13.3 Å². The number of carbonyl (C=O) groups excluding carboxylic acids is 1. The first-order valence-electron chi connectivity index (χ1n) is 9.88. The van der Waals surface area contributed by atoms with Crippen molar-refractivity contribution in [3.8, 4) is 5.69 Å². The summed E-state index contributed by atoms with van der Waals surface area (Å²) in [6.45, 7) is 5.03. The minimum Gasteiger partial charge on any atom is -0.371 e. The van der Waals surface area contributed by atoms with Gasteiger partial charge in [0.05, 0.1) is 35.4 Å². The molecule has 2 aliphatic heterocycles. The van der Waals surface area contributed by atoms with Gasteiger partial charge in [-0.2, -0.15) is 5.10 Å². The van der Waals surface area contributed by atoms with Gasteiger partial charge in [0.15, 0.2) is 0 Å². The molecule has 4 heterocycles. The number of anilines is 2. The average molecular weight is 373 g/mol. The molecule has 28 heavy (non-hydrogen) atoms. The zero-order valence-electron chi connectivity index (χ0n) is 16.0. The molecule has 1 aromatic carbocycles. The molecule has 2 aliphatic rings. The molecule has 0 N–H and O–H groups in total. The van der Waals surface area contributed by atoms with Crippen LogP contribution in [-0.2, 0) is 6.54 Å². The molecule has 6 heteroatoms. The SMILES string of the molecule is CC[C@H]1CCN(c2ccc(-n3cc4c(n3)CN(c3cccnc3)C4=O)cc2)C1. The minimum absolute atomic E-state index is 0.0199. The number of rotatable bonds is 4. The third-order valence-corrected chi connectivity index (χ3v) is 5.87. The predicted molar refractivity (Wildman–Crippen MR) is 109 cm³/mol. The van der Waals surface area contributed by atoms with E-state index in [0.717, 1.165) is 36.1 Å². The Morgan fingerprint density at radius 3 is 2.61 bits per heavy atom. The Balaban J connectivity index is 1.34. The van der Waals surface area contributed by atoms with E-state index in [1.54, 1.807) is 17.3 Å². The topological polar surface area (TPSA) is 54.3 Å². The molecule has 1 atom stereocenters. The van der Waals surface area contributed by atoms with Gasteiger partial charge in [-0.05, 0) is 48.7 Å². The lowest BCUT2D eigenvalue weighted by Gasteiger charge is -2.19. The summed E-state index contributed by atoms with van der Waals surface area (Å²) in [6.07, 6.45) is 7.78. The number of pyridine rings is 1. The van der Waals surface area contributed by atoms with Crippen LogP contribution in [-0.4, -0.2) is 33.8 Å². The number of aromatic nitrogens is 3. The van der Waals surface area contributed by atoms with Gasteiger partial charge in [-0.25, -0.2) is 4.68 Å². The van der Waals surface area contributed by atoms with E-state index in [1.165, 1.54) is 18.5 Å². The predicted octanol–water partition coefficient (Wildman–Crippen LogP) is 3.66. The molecule has 3 aromatic rings. The standard InChI is InChI=1S/C22H23N5O/c1-2-16-9-11-25(13-16)17-5-7-18(8-6-17)27-14-20-21(24-27)15-26(22(20)28)19-4-3-10-23-12-19/h3-8,10,12,14,16H,2,9,11,13,15H2,1H3/t16-/m0/s1. The van der Waals surface area contributed by atoms with Gasteiger partial charge in [-0.15, -0.1) is 0 Å². The van der Waals surface area contributed by atoms with Crippen molar-refractivity contribution in [3.05, 3.63) is 66.2 Å². The molecule has 1 amide bonds. The third kappa shape index (κ3) is 2.85. The summed E-state index contributed by atoms with van der Waals surface area (Å²) in [4.78, 5) is 21.0. The molecular formula is C22H23N5O. The van der Waals surface area contributed by atoms with Gasteiger partial charge in [0.25, 0.3) is 5.91 Å². The van der Waals surface area contributed by atoms with Gasteiger partial charge >= 0.3 is 0 Å². The van der Waals surface area contributed by atoms with E-state index in [-0.39, 0.29) is 5.91 Å². The first-order valence-corrected chi connectivity index (χ1v) is 9.88. The lowest BCUT2D eigenvalue weighted by Crippen LogP contribution is -2.23. The summed E-state index contributed by atoms with van der Waals surface area (Å²) in [6, 6.07) is 12.2. The maximum absolute atomic E-state index is 12.8. The van der Waals surface area contributed by atoms with E-state index < -0.39 is 0 Å². The van der Waals surface area contributed by atoms with Crippen molar-refractivity contribution in [1.29, 1.82) is 0 Å². The number of fused-ring (bicyclic) bond motifs is 1. The van der Waals surface area contributed by atoms with Crippen LogP contribution in [0.15, 0.2) is 55.0 Å². The Morgan fingerprint density at radius 2 is 1.93 bits per heavy atom. The van der Waals surface area contributed by atoms with Gasteiger partial charge in [-0.3, -0.25) is 9.78 Å². The minimum atomic E-state index is -0.0199. The molecular weight excluding hydrogens is 350 g/mol. The van der Waals surface area contributed by atoms with E-state index in [9.17, 15) is 4.79 Å². The van der Waals surface area contributed by atoms with Crippen molar-refractivity contribution in [2.24, 2.45) is 5.92 Å². The van der Waals surface area contributed by atoms with E-state index in [2.05, 4.69) is 46.2 Å². The maximum atomic E-state index is 12.8. The molecule has 1 saturated heterocycles. The maximum Gasteiger partial charge on any atom is 0.262 e. The van der Waals surface area contributed by atoms with Crippen LogP contribution in [0.3, 0.4) is 0 Å². The Kier molecular flexibility index (Phi) is 4.11. The average Bonchev–Trinajstić information content (AvgIpc) is 3.45. The highest BCUT2D eigenvalue weighted by Crippen LogP contribution is 2.29. The van der Waals surface area contributed by atoms with Crippen LogP contribution in [0, 0.1) is 5.92 Å². The van der Waals surface area contributed by atoms with Crippen LogP contribution in [0.25, 0.3) is 5.69 Å². The van der Waals surface area contributed by atoms with E-state index in [0.29, 0.717) is 12.1 Å². The smallest absolute Gasteiger partial charge is 0.262 e. The molecule has 0 spiro atoms. The fourth-order valence-corrected chi connectivity index (χ4v) is 4.14. The van der Waals surface area contributed by atoms with Gasteiger partial charge in [0.1, 0.15) is 0 Å². The fraction of sp³-hybridized carbons (Fsp3) is 0.318. The van der Waals surface area contributed by atoms with Crippen LogP contribution in [0.1, 0.15) is 35.8 Å². The summed E-state index contributed by atoms with van der Waals surface area (Å²) >= 11 is 0. The lowest BCUT2D eigenvalue weighted by atomic mass is 10.1. The second-order valence-electron chi connectivity index (χ2n) is 7.56. The Hall–Kier alpha value is -3.15. The molecule has 142 valence electrons. The van der Waals surface area contributed by atoms with Crippen molar-refractivity contribution >= 4 is 17.3 Å². The summed E-state index contributed by atoms with van der Waals surface area (Å²) in [5, 5.41) is 4.66. The highest BCUT2D eigenvalue weighted by molar-refractivity contribution is 6.09. The van der Waals surface area contributed by atoms with Gasteiger partial charge in [0.2, 0.25) is 0 Å². The summed E-state index contributed by atoms with van der Waals surface area (Å²) in [5.74, 6) is 0.788. The van der Waals surface area contributed by atoms with Gasteiger partial charge < -0.3 is 9.80 Å². The van der Waals surface area contributed by atoms with Crippen LogP contribution in [0.4, 0.5) is 11.4 Å². The van der Waals surface area contributed by atoms with Crippen molar-refractivity contribution in [1.82, 2.24) is 14.8 Å². The second kappa shape index (κ2) is 6.78. The Bertz CT molecular complexity index is 996. The summed E-state index contributed by atoms with van der Waals surface area (Å²) in [5.41, 5.74) is 4.52. The zero-order valence-corrected chi connectivity index (χ0v) is 16.0. The zero-order chi connectivity index (χ0) is 19.1. The first kappa shape index (κ1) is 17.0. The van der Waals surface area contributed by atoms with Crippen LogP contribution in [0.2, 0.25) is 0 Å². The summed E-state index contributed by atoms with van der Waals surface area (Å²) in [7, 11) is 0. The monoisotopic (exact) mass is 373 g/mol. The second-order valence-corrected chi connectivity index (χ2v) is 7.56. The molecule has 0 saturated carbocycles. The molecule has 0 bridgehead atoms. The van der Waals surface area contributed by atoms with Crippen LogP contribution in [0.5, 0.6) is 0 Å². The lowest BCUT2D eigenvalue weighted by molar-refractivity contribution is 0.0996. The summed E-state index contributed by atoms with van der Waals surface area (Å²) < 4.78 is 1.81. The first-order chi connectivity index (χ1) is 13.7. The van der Waals surface area contributed by atoms with Crippen LogP contribution < -0.4 is 9.80 Å². The molecule has 6 nitrogen and oxygen atoms in total. The van der Waals surface area contributed by atoms with Crippen molar-refractivity contribution in [2.75, 3.05) is 22.9 Å². The highest BCUT2D eigenvalue weighted by atomic mass is 16.2. The largest absolute Gasteiger partial charge is 0.371 e. The van der Waals surface area contributed by atoms with Crippen molar-refractivity contribution < 1.29 is 4.79 Å². The van der Waals surface area contributed by atoms with Crippen molar-refractivity contribution in [2.45, 2.75) is 26.3 Å². The molecule has 1 fully saturated rings. The van der Waals surface area contributed by atoms with E-state index in [4.69, 9.17) is 0 Å². The van der Waals surface area contributed by atoms with Gasteiger partial charge in [0, 0.05) is 31.2 Å². The number of nitrogens with zero attached hydrogens (tertiary/aromatic N) is 5. The molecule has 2 aromatic heterocycles. The number of carbonyl (C=O) groups is 1. The molecule has 0 radical (unpaired) electrons.